The maximum absolute atomic E-state index is 12.8. The van der Waals surface area contributed by atoms with Gasteiger partial charge in [0.05, 0.1) is 5.69 Å². The first-order chi connectivity index (χ1) is 12.2. The van der Waals surface area contributed by atoms with Gasteiger partial charge in [-0.1, -0.05) is 53.7 Å². The molecule has 0 aliphatic carbocycles. The third-order valence-corrected chi connectivity index (χ3v) is 3.61. The van der Waals surface area contributed by atoms with Crippen molar-refractivity contribution in [2.45, 2.75) is 41.5 Å². The Balaban J connectivity index is 3.40. The zero-order valence-electron chi connectivity index (χ0n) is 16.4. The summed E-state index contributed by atoms with van der Waals surface area (Å²) in [6, 6.07) is 5.89. The van der Waals surface area contributed by atoms with E-state index in [1.165, 1.54) is 24.3 Å². The lowest BCUT2D eigenvalue weighted by atomic mass is 9.90. The van der Waals surface area contributed by atoms with Crippen LogP contribution in [0, 0.1) is 10.8 Å². The molecule has 0 spiro atoms. The molecule has 0 fully saturated rings. The van der Waals surface area contributed by atoms with Crippen molar-refractivity contribution in [2.75, 3.05) is 4.90 Å². The van der Waals surface area contributed by atoms with Crippen molar-refractivity contribution in [1.29, 1.82) is 0 Å². The van der Waals surface area contributed by atoms with Crippen LogP contribution >= 0.6 is 0 Å². The summed E-state index contributed by atoms with van der Waals surface area (Å²) in [6.07, 6.45) is 1.01. The van der Waals surface area contributed by atoms with Gasteiger partial charge in [-0.3, -0.25) is 9.59 Å². The third-order valence-electron chi connectivity index (χ3n) is 3.61. The molecule has 1 aromatic rings. The Labute approximate surface area is 158 Å². The number of hydrogen-bond acceptors (Lipinski definition) is 4. The lowest BCUT2D eigenvalue weighted by Gasteiger charge is -2.32. The second-order valence-electron chi connectivity index (χ2n) is 8.21. The number of rotatable bonds is 4. The summed E-state index contributed by atoms with van der Waals surface area (Å²) < 4.78 is 0. The molecule has 0 radical (unpaired) electrons. The summed E-state index contributed by atoms with van der Waals surface area (Å²) >= 11 is 0. The minimum Gasteiger partial charge on any atom is -0.477 e. The van der Waals surface area contributed by atoms with Gasteiger partial charge in [-0.05, 0) is 23.8 Å². The van der Waals surface area contributed by atoms with Crippen LogP contribution in [0.15, 0.2) is 29.8 Å². The van der Waals surface area contributed by atoms with Gasteiger partial charge in [-0.15, -0.1) is 0 Å². The largest absolute Gasteiger partial charge is 0.477 e. The van der Waals surface area contributed by atoms with E-state index in [1.54, 1.807) is 41.5 Å². The molecule has 0 unspecified atom stereocenters. The molecule has 1 aromatic carbocycles. The lowest BCUT2D eigenvalue weighted by Crippen LogP contribution is -2.48. The summed E-state index contributed by atoms with van der Waals surface area (Å²) in [6.45, 7) is 10.3. The van der Waals surface area contributed by atoms with Crippen molar-refractivity contribution in [3.63, 3.8) is 0 Å². The van der Waals surface area contributed by atoms with Gasteiger partial charge < -0.3 is 10.2 Å². The van der Waals surface area contributed by atoms with Crippen LogP contribution in [0.2, 0.25) is 0 Å². The third kappa shape index (κ3) is 5.51. The van der Waals surface area contributed by atoms with Gasteiger partial charge in [-0.2, -0.15) is 0 Å². The zero-order chi connectivity index (χ0) is 21.2. The number of carbonyl (C=O) groups excluding carboxylic acids is 2. The van der Waals surface area contributed by atoms with E-state index in [0.717, 1.165) is 11.0 Å². The fourth-order valence-electron chi connectivity index (χ4n) is 2.10. The Morgan fingerprint density at radius 1 is 0.778 bits per heavy atom. The number of carbonyl (C=O) groups is 4. The first-order valence-corrected chi connectivity index (χ1v) is 8.33. The van der Waals surface area contributed by atoms with Gasteiger partial charge in [-0.25, -0.2) is 14.5 Å². The highest BCUT2D eigenvalue weighted by atomic mass is 16.4. The highest BCUT2D eigenvalue weighted by Crippen LogP contribution is 2.29. The molecular formula is C20H25NO6. The Hall–Kier alpha value is -2.96. The predicted molar refractivity (Wildman–Crippen MR) is 101 cm³/mol. The maximum atomic E-state index is 12.8. The second kappa shape index (κ2) is 7.73. The highest BCUT2D eigenvalue weighted by Gasteiger charge is 2.37. The fraction of sp³-hybridized carbons (Fsp3) is 0.400. The van der Waals surface area contributed by atoms with Crippen LogP contribution in [0.1, 0.15) is 47.1 Å². The average Bonchev–Trinajstić information content (AvgIpc) is 2.51. The molecule has 7 heteroatoms. The molecule has 0 aliphatic heterocycles. The van der Waals surface area contributed by atoms with E-state index in [1.807, 2.05) is 0 Å². The zero-order valence-corrected chi connectivity index (χ0v) is 16.4. The predicted octanol–water partition coefficient (Wildman–Crippen LogP) is 3.19. The van der Waals surface area contributed by atoms with Gasteiger partial charge in [0, 0.05) is 10.8 Å². The van der Waals surface area contributed by atoms with Crippen LogP contribution in [0.4, 0.5) is 5.69 Å². The Morgan fingerprint density at radius 2 is 1.15 bits per heavy atom. The van der Waals surface area contributed by atoms with E-state index in [4.69, 9.17) is 10.2 Å². The molecule has 0 saturated heterocycles. The Morgan fingerprint density at radius 3 is 1.44 bits per heavy atom. The van der Waals surface area contributed by atoms with E-state index in [9.17, 15) is 19.2 Å². The molecule has 0 aliphatic rings. The summed E-state index contributed by atoms with van der Waals surface area (Å²) in [4.78, 5) is 48.7. The van der Waals surface area contributed by atoms with Gasteiger partial charge in [0.2, 0.25) is 11.8 Å². The van der Waals surface area contributed by atoms with Crippen molar-refractivity contribution in [3.05, 3.63) is 35.4 Å². The van der Waals surface area contributed by atoms with Crippen LogP contribution in [-0.2, 0) is 19.2 Å². The van der Waals surface area contributed by atoms with Crippen molar-refractivity contribution in [3.8, 4) is 0 Å². The molecule has 2 N–H and O–H groups in total. The standard InChI is InChI=1S/C20H25NO6/c1-19(2,3)17(26)21(18(27)20(4,5)6)13-9-7-12(8-10-13)11-14(15(22)23)16(24)25/h7-11H,1-6H3,(H,22,23)(H,24,25). The molecular weight excluding hydrogens is 350 g/mol. The molecule has 0 aromatic heterocycles. The summed E-state index contributed by atoms with van der Waals surface area (Å²) in [5.74, 6) is -3.86. The highest BCUT2D eigenvalue weighted by molar-refractivity contribution is 6.18. The average molecular weight is 375 g/mol. The summed E-state index contributed by atoms with van der Waals surface area (Å²) in [5, 5.41) is 17.9. The Bertz CT molecular complexity index is 749. The number of benzene rings is 1. The van der Waals surface area contributed by atoms with Gasteiger partial charge in [0.25, 0.3) is 0 Å². The van der Waals surface area contributed by atoms with Crippen molar-refractivity contribution < 1.29 is 29.4 Å². The van der Waals surface area contributed by atoms with E-state index < -0.39 is 28.3 Å². The summed E-state index contributed by atoms with van der Waals surface area (Å²) in [7, 11) is 0. The summed E-state index contributed by atoms with van der Waals surface area (Å²) in [5.41, 5.74) is -1.71. The number of nitrogens with zero attached hydrogens (tertiary/aromatic N) is 1. The normalized spacial score (nSPS) is 11.5. The van der Waals surface area contributed by atoms with E-state index in [2.05, 4.69) is 0 Å². The van der Waals surface area contributed by atoms with E-state index >= 15 is 0 Å². The minimum atomic E-state index is -1.56. The molecule has 1 rings (SSSR count). The fourth-order valence-corrected chi connectivity index (χ4v) is 2.10. The van der Waals surface area contributed by atoms with E-state index in [0.29, 0.717) is 11.3 Å². The maximum Gasteiger partial charge on any atom is 0.343 e. The minimum absolute atomic E-state index is 0.324. The lowest BCUT2D eigenvalue weighted by molar-refractivity contribution is -0.140. The first kappa shape index (κ1) is 22.1. The molecule has 146 valence electrons. The van der Waals surface area contributed by atoms with Crippen LogP contribution in [0.25, 0.3) is 6.08 Å². The molecule has 2 amide bonds. The quantitative estimate of drug-likeness (QED) is 0.475. The monoisotopic (exact) mass is 375 g/mol. The van der Waals surface area contributed by atoms with Crippen molar-refractivity contribution in [2.24, 2.45) is 10.8 Å². The number of amides is 2. The van der Waals surface area contributed by atoms with E-state index in [-0.39, 0.29) is 11.8 Å². The van der Waals surface area contributed by atoms with Gasteiger partial charge in [0.15, 0.2) is 0 Å². The molecule has 27 heavy (non-hydrogen) atoms. The van der Waals surface area contributed by atoms with Crippen LogP contribution in [0.5, 0.6) is 0 Å². The smallest absolute Gasteiger partial charge is 0.343 e. The number of anilines is 1. The molecule has 0 bridgehead atoms. The number of carboxylic acids is 2. The van der Waals surface area contributed by atoms with Crippen molar-refractivity contribution >= 4 is 35.5 Å². The molecule has 0 saturated carbocycles. The van der Waals surface area contributed by atoms with Gasteiger partial charge in [0.1, 0.15) is 5.57 Å². The topological polar surface area (TPSA) is 112 Å². The van der Waals surface area contributed by atoms with Crippen molar-refractivity contribution in [1.82, 2.24) is 0 Å². The number of aliphatic carboxylic acids is 2. The number of imide groups is 1. The van der Waals surface area contributed by atoms with Gasteiger partial charge >= 0.3 is 11.9 Å². The van der Waals surface area contributed by atoms with Crippen LogP contribution < -0.4 is 4.90 Å². The number of hydrogen-bond donors (Lipinski definition) is 2. The molecule has 7 nitrogen and oxygen atoms in total. The number of carboxylic acid groups (broad SMARTS) is 2. The molecule has 0 heterocycles. The first-order valence-electron chi connectivity index (χ1n) is 8.33. The molecule has 0 atom stereocenters. The SMILES string of the molecule is CC(C)(C)C(=O)N(C(=O)C(C)(C)C)c1ccc(C=C(C(=O)O)C(=O)O)cc1. The second-order valence-corrected chi connectivity index (χ2v) is 8.21. The van der Waals surface area contributed by atoms with Crippen LogP contribution in [-0.4, -0.2) is 34.0 Å². The Kier molecular flexibility index (Phi) is 6.33. The van der Waals surface area contributed by atoms with Crippen LogP contribution in [0.3, 0.4) is 0 Å².